The van der Waals surface area contributed by atoms with Crippen molar-refractivity contribution >= 4 is 5.78 Å². The normalized spacial score (nSPS) is 34.7. The molecule has 2 nitrogen and oxygen atoms in total. The van der Waals surface area contributed by atoms with Crippen molar-refractivity contribution < 1.29 is 9.53 Å². The first kappa shape index (κ1) is 22.4. The predicted molar refractivity (Wildman–Crippen MR) is 122 cm³/mol. The maximum absolute atomic E-state index is 14.1. The van der Waals surface area contributed by atoms with E-state index in [1.54, 1.807) is 0 Å². The van der Waals surface area contributed by atoms with E-state index in [2.05, 4.69) is 74.5 Å². The Bertz CT molecular complexity index is 770. The third kappa shape index (κ3) is 3.26. The van der Waals surface area contributed by atoms with Gasteiger partial charge in [-0.2, -0.15) is 0 Å². The first-order valence-corrected chi connectivity index (χ1v) is 11.6. The zero-order valence-corrected chi connectivity index (χ0v) is 20.2. The van der Waals surface area contributed by atoms with E-state index in [9.17, 15) is 4.79 Å². The lowest BCUT2D eigenvalue weighted by molar-refractivity contribution is -0.141. The molecule has 162 valence electrons. The fourth-order valence-corrected chi connectivity index (χ4v) is 6.69. The summed E-state index contributed by atoms with van der Waals surface area (Å²) in [7, 11) is 0. The van der Waals surface area contributed by atoms with E-state index in [1.807, 2.05) is 0 Å². The van der Waals surface area contributed by atoms with Gasteiger partial charge in [0.1, 0.15) is 17.1 Å². The van der Waals surface area contributed by atoms with Crippen LogP contribution in [0.4, 0.5) is 0 Å². The molecule has 0 unspecified atom stereocenters. The lowest BCUT2D eigenvalue weighted by Gasteiger charge is -2.51. The quantitative estimate of drug-likeness (QED) is 0.435. The van der Waals surface area contributed by atoms with E-state index in [1.165, 1.54) is 16.7 Å². The van der Waals surface area contributed by atoms with E-state index in [-0.39, 0.29) is 22.9 Å². The number of Topliss-reactive ketones (excluding diaryl/α,β-unsaturated/α-hetero) is 1. The van der Waals surface area contributed by atoms with Crippen molar-refractivity contribution in [1.82, 2.24) is 0 Å². The minimum atomic E-state index is -0.451. The van der Waals surface area contributed by atoms with Gasteiger partial charge in [-0.1, -0.05) is 44.1 Å². The molecule has 0 bridgehead atoms. The highest BCUT2D eigenvalue weighted by molar-refractivity contribution is 5.92. The predicted octanol–water partition coefficient (Wildman–Crippen LogP) is 7.41. The van der Waals surface area contributed by atoms with Crippen LogP contribution in [0.1, 0.15) is 94.4 Å². The van der Waals surface area contributed by atoms with Gasteiger partial charge >= 0.3 is 0 Å². The van der Waals surface area contributed by atoms with Gasteiger partial charge in [0, 0.05) is 11.8 Å². The molecule has 3 aliphatic rings. The van der Waals surface area contributed by atoms with Gasteiger partial charge in [-0.05, 0) is 90.6 Å². The number of hydrogen-bond donors (Lipinski definition) is 0. The Hall–Kier alpha value is -1.31. The molecular formula is C27H42O2. The Morgan fingerprint density at radius 1 is 1.10 bits per heavy atom. The largest absolute Gasteiger partial charge is 0.491 e. The molecule has 0 N–H and O–H groups in total. The zero-order valence-electron chi connectivity index (χ0n) is 20.2. The van der Waals surface area contributed by atoms with Crippen LogP contribution in [-0.4, -0.2) is 11.4 Å². The van der Waals surface area contributed by atoms with Gasteiger partial charge in [-0.3, -0.25) is 4.79 Å². The Morgan fingerprint density at radius 2 is 1.72 bits per heavy atom. The number of carbonyl (C=O) groups excluding carboxylic acids is 1. The van der Waals surface area contributed by atoms with Crippen molar-refractivity contribution in [2.45, 2.75) is 100 Å². The van der Waals surface area contributed by atoms with Crippen molar-refractivity contribution in [3.8, 4) is 0 Å². The average molecular weight is 399 g/mol. The number of rotatable bonds is 6. The Morgan fingerprint density at radius 3 is 2.28 bits per heavy atom. The summed E-state index contributed by atoms with van der Waals surface area (Å²) >= 11 is 0. The average Bonchev–Trinajstić information content (AvgIpc) is 3.06. The third-order valence-corrected chi connectivity index (χ3v) is 8.13. The second-order valence-electron chi connectivity index (χ2n) is 11.4. The summed E-state index contributed by atoms with van der Waals surface area (Å²) < 4.78 is 6.76. The van der Waals surface area contributed by atoms with Crippen LogP contribution in [0.15, 0.2) is 34.6 Å². The van der Waals surface area contributed by atoms with Crippen LogP contribution in [0.2, 0.25) is 0 Å². The Balaban J connectivity index is 2.26. The highest BCUT2D eigenvalue weighted by Gasteiger charge is 2.75. The van der Waals surface area contributed by atoms with E-state index < -0.39 is 5.41 Å². The molecule has 0 aromatic heterocycles. The van der Waals surface area contributed by atoms with E-state index in [4.69, 9.17) is 4.74 Å². The first-order valence-electron chi connectivity index (χ1n) is 11.6. The number of carbonyl (C=O) groups is 1. The second-order valence-corrected chi connectivity index (χ2v) is 11.4. The summed E-state index contributed by atoms with van der Waals surface area (Å²) in [5.74, 6) is 2.28. The molecule has 0 spiro atoms. The first-order chi connectivity index (χ1) is 13.4. The summed E-state index contributed by atoms with van der Waals surface area (Å²) in [6, 6.07) is 0. The lowest BCUT2D eigenvalue weighted by atomic mass is 9.48. The second kappa shape index (κ2) is 7.43. The van der Waals surface area contributed by atoms with Gasteiger partial charge in [0.05, 0.1) is 5.41 Å². The number of hydrogen-bond acceptors (Lipinski definition) is 2. The van der Waals surface area contributed by atoms with Crippen LogP contribution in [-0.2, 0) is 9.53 Å². The Kier molecular flexibility index (Phi) is 5.73. The molecule has 2 aliphatic carbocycles. The fourth-order valence-electron chi connectivity index (χ4n) is 6.69. The van der Waals surface area contributed by atoms with Crippen molar-refractivity contribution in [1.29, 1.82) is 0 Å². The van der Waals surface area contributed by atoms with Crippen molar-refractivity contribution in [3.05, 3.63) is 34.6 Å². The lowest BCUT2D eigenvalue weighted by Crippen LogP contribution is -2.54. The van der Waals surface area contributed by atoms with Crippen LogP contribution >= 0.6 is 0 Å². The number of ether oxygens (including phenoxy) is 1. The monoisotopic (exact) mass is 398 g/mol. The standard InChI is InChI=1S/C27H42O2/c1-17(2)10-12-20-16-21(13-11-18(3)4)26(9)15-14-22-25(7,8)29-24(20)27(22,26)23(28)19(5)6/h10-11,19,21-22H,12-16H2,1-9H3/t21-,22-,26+,27+/m0/s1. The molecule has 3 rings (SSSR count). The SMILES string of the molecule is CC(C)=CCC1=C2OC(C)(C)[C@@H]3CC[C@](C)([C@@H](CC=C(C)C)C1)[C@]23C(=O)C(C)C. The fraction of sp³-hybridized carbons (Fsp3) is 0.741. The molecule has 2 fully saturated rings. The molecule has 0 aromatic carbocycles. The van der Waals surface area contributed by atoms with Crippen LogP contribution in [0.25, 0.3) is 0 Å². The molecule has 0 amide bonds. The van der Waals surface area contributed by atoms with Gasteiger partial charge in [0.15, 0.2) is 0 Å². The molecular weight excluding hydrogens is 356 g/mol. The smallest absolute Gasteiger partial charge is 0.150 e. The highest BCUT2D eigenvalue weighted by Crippen LogP contribution is 2.75. The number of ketones is 1. The van der Waals surface area contributed by atoms with Crippen LogP contribution in [0.5, 0.6) is 0 Å². The van der Waals surface area contributed by atoms with Crippen molar-refractivity contribution in [2.75, 3.05) is 0 Å². The van der Waals surface area contributed by atoms with Crippen LogP contribution in [0, 0.1) is 28.6 Å². The van der Waals surface area contributed by atoms with Gasteiger partial charge in [0.2, 0.25) is 0 Å². The molecule has 0 radical (unpaired) electrons. The molecule has 1 saturated carbocycles. The maximum Gasteiger partial charge on any atom is 0.150 e. The van der Waals surface area contributed by atoms with E-state index in [0.29, 0.717) is 11.7 Å². The maximum atomic E-state index is 14.1. The molecule has 29 heavy (non-hydrogen) atoms. The molecule has 1 heterocycles. The van der Waals surface area contributed by atoms with E-state index in [0.717, 1.165) is 37.9 Å². The number of allylic oxidation sites excluding steroid dienone is 6. The van der Waals surface area contributed by atoms with Crippen LogP contribution in [0.3, 0.4) is 0 Å². The summed E-state index contributed by atoms with van der Waals surface area (Å²) in [5, 5.41) is 0. The van der Waals surface area contributed by atoms with Gasteiger partial charge in [0.25, 0.3) is 0 Å². The molecule has 1 saturated heterocycles. The molecule has 0 aromatic rings. The summed E-state index contributed by atoms with van der Waals surface area (Å²) in [6.07, 6.45) is 9.95. The third-order valence-electron chi connectivity index (χ3n) is 8.13. The topological polar surface area (TPSA) is 26.3 Å². The zero-order chi connectivity index (χ0) is 21.8. The van der Waals surface area contributed by atoms with Gasteiger partial charge in [-0.15, -0.1) is 0 Å². The van der Waals surface area contributed by atoms with Gasteiger partial charge < -0.3 is 4.74 Å². The van der Waals surface area contributed by atoms with Gasteiger partial charge in [-0.25, -0.2) is 0 Å². The van der Waals surface area contributed by atoms with Crippen molar-refractivity contribution in [3.63, 3.8) is 0 Å². The minimum absolute atomic E-state index is 0.0225. The Labute approximate surface area is 178 Å². The minimum Gasteiger partial charge on any atom is -0.491 e. The highest BCUT2D eigenvalue weighted by atomic mass is 16.5. The van der Waals surface area contributed by atoms with E-state index >= 15 is 0 Å². The molecule has 4 atom stereocenters. The summed E-state index contributed by atoms with van der Waals surface area (Å²) in [4.78, 5) is 14.1. The van der Waals surface area contributed by atoms with Crippen molar-refractivity contribution in [2.24, 2.45) is 28.6 Å². The summed E-state index contributed by atoms with van der Waals surface area (Å²) in [6.45, 7) is 19.7. The molecule has 2 heteroatoms. The van der Waals surface area contributed by atoms with Crippen LogP contribution < -0.4 is 0 Å². The molecule has 1 aliphatic heterocycles. The summed E-state index contributed by atoms with van der Waals surface area (Å²) in [5.41, 5.74) is 3.32.